The summed E-state index contributed by atoms with van der Waals surface area (Å²) in [6, 6.07) is 3.69. The molecule has 2 fully saturated rings. The number of hydrogen-bond acceptors (Lipinski definition) is 3. The second-order valence-electron chi connectivity index (χ2n) is 5.59. The topological polar surface area (TPSA) is 57.3 Å². The number of hydrogen-bond donors (Lipinski definition) is 2. The molecule has 20 heavy (non-hydrogen) atoms. The number of rotatable bonds is 1. The number of urea groups is 1. The molecular formula is C14H21ClN4O. The van der Waals surface area contributed by atoms with Crippen molar-refractivity contribution < 1.29 is 4.79 Å². The van der Waals surface area contributed by atoms with E-state index in [0.717, 1.165) is 38.3 Å². The van der Waals surface area contributed by atoms with Gasteiger partial charge in [-0.3, -0.25) is 4.98 Å². The third-order valence-corrected chi connectivity index (χ3v) is 4.30. The summed E-state index contributed by atoms with van der Waals surface area (Å²) in [5, 5.41) is 6.31. The predicted octanol–water partition coefficient (Wildman–Crippen LogP) is 2.11. The highest BCUT2D eigenvalue weighted by molar-refractivity contribution is 5.89. The maximum absolute atomic E-state index is 12.2. The number of halogens is 1. The Bertz CT molecular complexity index is 448. The number of pyridine rings is 1. The maximum Gasteiger partial charge on any atom is 0.321 e. The van der Waals surface area contributed by atoms with Gasteiger partial charge in [0.05, 0.1) is 11.9 Å². The molecule has 2 aliphatic rings. The van der Waals surface area contributed by atoms with Crippen molar-refractivity contribution in [3.63, 3.8) is 0 Å². The van der Waals surface area contributed by atoms with Crippen LogP contribution in [0.4, 0.5) is 10.5 Å². The summed E-state index contributed by atoms with van der Waals surface area (Å²) >= 11 is 0. The number of amides is 2. The van der Waals surface area contributed by atoms with Crippen LogP contribution in [-0.2, 0) is 0 Å². The Morgan fingerprint density at radius 2 is 2.15 bits per heavy atom. The Morgan fingerprint density at radius 3 is 2.85 bits per heavy atom. The average Bonchev–Trinajstić information content (AvgIpc) is 2.85. The van der Waals surface area contributed by atoms with E-state index in [9.17, 15) is 4.79 Å². The molecule has 1 aromatic heterocycles. The van der Waals surface area contributed by atoms with Crippen LogP contribution in [-0.4, -0.2) is 42.1 Å². The van der Waals surface area contributed by atoms with E-state index in [0.29, 0.717) is 5.41 Å². The van der Waals surface area contributed by atoms with Gasteiger partial charge in [-0.1, -0.05) is 0 Å². The van der Waals surface area contributed by atoms with E-state index in [1.165, 1.54) is 12.8 Å². The molecule has 3 heterocycles. The molecule has 0 bridgehead atoms. The van der Waals surface area contributed by atoms with E-state index in [1.54, 1.807) is 12.4 Å². The van der Waals surface area contributed by atoms with Crippen LogP contribution in [0.15, 0.2) is 24.5 Å². The molecule has 0 saturated carbocycles. The van der Waals surface area contributed by atoms with Crippen LogP contribution in [0.1, 0.15) is 19.3 Å². The molecule has 0 aromatic carbocycles. The maximum atomic E-state index is 12.2. The van der Waals surface area contributed by atoms with Crippen LogP contribution >= 0.6 is 12.4 Å². The Balaban J connectivity index is 0.00000147. The SMILES string of the molecule is Cl.O=C(Nc1cccnc1)N1CCC2(CCNCC2)C1. The van der Waals surface area contributed by atoms with Crippen LogP contribution in [0.2, 0.25) is 0 Å². The van der Waals surface area contributed by atoms with Gasteiger partial charge in [0.25, 0.3) is 0 Å². The van der Waals surface area contributed by atoms with Gasteiger partial charge in [-0.2, -0.15) is 0 Å². The van der Waals surface area contributed by atoms with Crippen LogP contribution in [0, 0.1) is 5.41 Å². The summed E-state index contributed by atoms with van der Waals surface area (Å²) in [4.78, 5) is 18.2. The molecular weight excluding hydrogens is 276 g/mol. The van der Waals surface area contributed by atoms with Gasteiger partial charge in [0, 0.05) is 19.3 Å². The molecule has 6 heteroatoms. The minimum atomic E-state index is 0. The minimum Gasteiger partial charge on any atom is -0.324 e. The van der Waals surface area contributed by atoms with Gasteiger partial charge in [-0.05, 0) is 49.9 Å². The molecule has 0 unspecified atom stereocenters. The molecule has 1 spiro atoms. The van der Waals surface area contributed by atoms with E-state index in [2.05, 4.69) is 15.6 Å². The number of piperidine rings is 1. The van der Waals surface area contributed by atoms with Gasteiger partial charge in [-0.25, -0.2) is 4.79 Å². The molecule has 2 amide bonds. The second kappa shape index (κ2) is 6.41. The molecule has 0 aliphatic carbocycles. The lowest BCUT2D eigenvalue weighted by Gasteiger charge is -2.33. The highest BCUT2D eigenvalue weighted by Crippen LogP contribution is 2.38. The van der Waals surface area contributed by atoms with Crippen molar-refractivity contribution in [2.75, 3.05) is 31.5 Å². The molecule has 2 saturated heterocycles. The summed E-state index contributed by atoms with van der Waals surface area (Å²) < 4.78 is 0. The third-order valence-electron chi connectivity index (χ3n) is 4.30. The largest absolute Gasteiger partial charge is 0.324 e. The first-order valence-electron chi connectivity index (χ1n) is 6.94. The molecule has 0 radical (unpaired) electrons. The predicted molar refractivity (Wildman–Crippen MR) is 81.2 cm³/mol. The van der Waals surface area contributed by atoms with Crippen molar-refractivity contribution >= 4 is 24.1 Å². The molecule has 2 aliphatic heterocycles. The fourth-order valence-corrected chi connectivity index (χ4v) is 3.11. The normalized spacial score (nSPS) is 20.5. The molecule has 1 aromatic rings. The van der Waals surface area contributed by atoms with E-state index >= 15 is 0 Å². The van der Waals surface area contributed by atoms with Crippen molar-refractivity contribution in [1.29, 1.82) is 0 Å². The van der Waals surface area contributed by atoms with Crippen LogP contribution < -0.4 is 10.6 Å². The van der Waals surface area contributed by atoms with E-state index in [4.69, 9.17) is 0 Å². The number of carbonyl (C=O) groups is 1. The Hall–Kier alpha value is -1.33. The van der Waals surface area contributed by atoms with E-state index in [-0.39, 0.29) is 18.4 Å². The summed E-state index contributed by atoms with van der Waals surface area (Å²) in [6.45, 7) is 3.92. The number of nitrogens with one attached hydrogen (secondary N) is 2. The molecule has 2 N–H and O–H groups in total. The van der Waals surface area contributed by atoms with Crippen LogP contribution in [0.25, 0.3) is 0 Å². The first kappa shape index (κ1) is 15.1. The van der Waals surface area contributed by atoms with E-state index < -0.39 is 0 Å². The smallest absolute Gasteiger partial charge is 0.321 e. The minimum absolute atomic E-state index is 0. The lowest BCUT2D eigenvalue weighted by Crippen LogP contribution is -2.40. The monoisotopic (exact) mass is 296 g/mol. The second-order valence-corrected chi connectivity index (χ2v) is 5.59. The first-order valence-corrected chi connectivity index (χ1v) is 6.94. The Labute approximate surface area is 125 Å². The summed E-state index contributed by atoms with van der Waals surface area (Å²) in [5.74, 6) is 0. The quantitative estimate of drug-likeness (QED) is 0.834. The number of anilines is 1. The van der Waals surface area contributed by atoms with Gasteiger partial charge < -0.3 is 15.5 Å². The van der Waals surface area contributed by atoms with Crippen molar-refractivity contribution in [2.24, 2.45) is 5.41 Å². The fraction of sp³-hybridized carbons (Fsp3) is 0.571. The molecule has 0 atom stereocenters. The molecule has 5 nitrogen and oxygen atoms in total. The van der Waals surface area contributed by atoms with E-state index in [1.807, 2.05) is 17.0 Å². The third kappa shape index (κ3) is 3.22. The lowest BCUT2D eigenvalue weighted by atomic mass is 9.78. The Kier molecular flexibility index (Phi) is 4.83. The summed E-state index contributed by atoms with van der Waals surface area (Å²) in [6.07, 6.45) is 6.88. The Morgan fingerprint density at radius 1 is 1.35 bits per heavy atom. The fourth-order valence-electron chi connectivity index (χ4n) is 3.11. The van der Waals surface area contributed by atoms with Gasteiger partial charge in [0.2, 0.25) is 0 Å². The van der Waals surface area contributed by atoms with Crippen LogP contribution in [0.5, 0.6) is 0 Å². The van der Waals surface area contributed by atoms with Gasteiger partial charge >= 0.3 is 6.03 Å². The zero-order valence-corrected chi connectivity index (χ0v) is 12.3. The number of nitrogens with zero attached hydrogens (tertiary/aromatic N) is 2. The van der Waals surface area contributed by atoms with Crippen molar-refractivity contribution in [1.82, 2.24) is 15.2 Å². The van der Waals surface area contributed by atoms with Crippen molar-refractivity contribution in [3.8, 4) is 0 Å². The van der Waals surface area contributed by atoms with Crippen molar-refractivity contribution in [2.45, 2.75) is 19.3 Å². The number of aromatic nitrogens is 1. The average molecular weight is 297 g/mol. The first-order chi connectivity index (χ1) is 9.27. The van der Waals surface area contributed by atoms with Crippen molar-refractivity contribution in [3.05, 3.63) is 24.5 Å². The summed E-state index contributed by atoms with van der Waals surface area (Å²) in [7, 11) is 0. The zero-order valence-electron chi connectivity index (χ0n) is 11.5. The lowest BCUT2D eigenvalue weighted by molar-refractivity contribution is 0.191. The van der Waals surface area contributed by atoms with Crippen LogP contribution in [0.3, 0.4) is 0 Å². The van der Waals surface area contributed by atoms with Gasteiger partial charge in [0.15, 0.2) is 0 Å². The number of likely N-dealkylation sites (tertiary alicyclic amines) is 1. The summed E-state index contributed by atoms with van der Waals surface area (Å²) in [5.41, 5.74) is 1.12. The zero-order chi connectivity index (χ0) is 13.1. The highest BCUT2D eigenvalue weighted by atomic mass is 35.5. The van der Waals surface area contributed by atoms with Gasteiger partial charge in [0.1, 0.15) is 0 Å². The standard InChI is InChI=1S/C14H20N4O.ClH/c19-13(17-12-2-1-6-16-10-12)18-9-5-14(11-18)3-7-15-8-4-14;/h1-2,6,10,15H,3-5,7-9,11H2,(H,17,19);1H. The highest BCUT2D eigenvalue weighted by Gasteiger charge is 2.40. The van der Waals surface area contributed by atoms with Gasteiger partial charge in [-0.15, -0.1) is 12.4 Å². The number of carbonyl (C=O) groups excluding carboxylic acids is 1. The molecule has 110 valence electrons. The molecule has 3 rings (SSSR count).